The Morgan fingerprint density at radius 2 is 1.72 bits per heavy atom. The van der Waals surface area contributed by atoms with Gasteiger partial charge in [0, 0.05) is 28.6 Å². The maximum Gasteiger partial charge on any atom is 0.255 e. The van der Waals surface area contributed by atoms with Gasteiger partial charge in [-0.3, -0.25) is 0 Å². The van der Waals surface area contributed by atoms with Gasteiger partial charge in [0.05, 0.1) is 29.4 Å². The molecule has 0 bridgehead atoms. The topological polar surface area (TPSA) is 118 Å². The van der Waals surface area contributed by atoms with E-state index in [1.807, 2.05) is 0 Å². The number of ether oxygens (including phenoxy) is 1. The third-order valence-corrected chi connectivity index (χ3v) is 5.81. The number of anilines is 2. The molecule has 12 heteroatoms. The van der Waals surface area contributed by atoms with Gasteiger partial charge in [-0.05, 0) is 42.5 Å². The van der Waals surface area contributed by atoms with Crippen molar-refractivity contribution in [2.75, 3.05) is 18.6 Å². The van der Waals surface area contributed by atoms with Crippen LogP contribution in [0.1, 0.15) is 11.3 Å². The van der Waals surface area contributed by atoms with Gasteiger partial charge in [-0.15, -0.1) is 0 Å². The van der Waals surface area contributed by atoms with Crippen molar-refractivity contribution in [3.05, 3.63) is 82.4 Å². The molecule has 8 nitrogen and oxygen atoms in total. The minimum atomic E-state index is -1.29. The third kappa shape index (κ3) is 3.93. The van der Waals surface area contributed by atoms with Crippen LogP contribution >= 0.6 is 11.6 Å². The van der Waals surface area contributed by atoms with Crippen molar-refractivity contribution in [1.29, 1.82) is 0 Å². The summed E-state index contributed by atoms with van der Waals surface area (Å²) in [5.41, 5.74) is 13.5. The Morgan fingerprint density at radius 3 is 2.44 bits per heavy atom. The molecular formula is C24H17ClF3N7O. The first-order valence-electron chi connectivity index (χ1n) is 10.5. The summed E-state index contributed by atoms with van der Waals surface area (Å²) in [6.45, 7) is 0. The van der Waals surface area contributed by atoms with E-state index in [1.165, 1.54) is 11.8 Å². The summed E-state index contributed by atoms with van der Waals surface area (Å²) in [4.78, 5) is 12.9. The van der Waals surface area contributed by atoms with E-state index >= 15 is 0 Å². The second-order valence-corrected chi connectivity index (χ2v) is 8.18. The smallest absolute Gasteiger partial charge is 0.255 e. The molecule has 0 fully saturated rings. The van der Waals surface area contributed by atoms with E-state index < -0.39 is 23.0 Å². The first-order chi connectivity index (χ1) is 17.3. The number of hydrogen-bond donors (Lipinski definition) is 2. The third-order valence-electron chi connectivity index (χ3n) is 5.58. The van der Waals surface area contributed by atoms with E-state index in [0.717, 1.165) is 12.1 Å². The highest BCUT2D eigenvalue weighted by atomic mass is 35.5. The fourth-order valence-electron chi connectivity index (χ4n) is 3.93. The molecule has 0 atom stereocenters. The van der Waals surface area contributed by atoms with Crippen molar-refractivity contribution in [3.8, 4) is 23.0 Å². The summed E-state index contributed by atoms with van der Waals surface area (Å²) in [6.07, 6.45) is 1.20. The molecule has 2 aromatic carbocycles. The van der Waals surface area contributed by atoms with Crippen LogP contribution in [-0.2, 0) is 6.42 Å². The maximum absolute atomic E-state index is 14.4. The highest BCUT2D eigenvalue weighted by Gasteiger charge is 2.22. The zero-order valence-corrected chi connectivity index (χ0v) is 19.4. The van der Waals surface area contributed by atoms with E-state index in [1.54, 1.807) is 36.5 Å². The summed E-state index contributed by atoms with van der Waals surface area (Å²) in [7, 11) is 1.46. The Bertz CT molecular complexity index is 1620. The van der Waals surface area contributed by atoms with Gasteiger partial charge in [0.25, 0.3) is 5.95 Å². The molecule has 0 amide bonds. The highest BCUT2D eigenvalue weighted by Crippen LogP contribution is 2.36. The van der Waals surface area contributed by atoms with Gasteiger partial charge in [0.2, 0.25) is 5.88 Å². The van der Waals surface area contributed by atoms with Crippen LogP contribution in [0.25, 0.3) is 28.0 Å². The number of hydrogen-bond acceptors (Lipinski definition) is 7. The summed E-state index contributed by atoms with van der Waals surface area (Å²) in [5, 5.41) is 5.28. The SMILES string of the molecule is COc1ncccc1-c1c(N)nc(-n2nc(Cc3c(F)ccc(F)c3F)c3cc(Cl)ccc32)nc1N. The van der Waals surface area contributed by atoms with Crippen molar-refractivity contribution in [2.24, 2.45) is 0 Å². The van der Waals surface area contributed by atoms with Crippen LogP contribution < -0.4 is 16.2 Å². The molecule has 0 saturated heterocycles. The van der Waals surface area contributed by atoms with Crippen LogP contribution in [0.5, 0.6) is 5.88 Å². The van der Waals surface area contributed by atoms with Gasteiger partial charge in [0.1, 0.15) is 17.5 Å². The Morgan fingerprint density at radius 1 is 1.00 bits per heavy atom. The van der Waals surface area contributed by atoms with Crippen molar-refractivity contribution < 1.29 is 17.9 Å². The quantitative estimate of drug-likeness (QED) is 0.328. The molecule has 0 unspecified atom stereocenters. The van der Waals surface area contributed by atoms with Gasteiger partial charge in [0.15, 0.2) is 11.6 Å². The van der Waals surface area contributed by atoms with Crippen LogP contribution in [0.2, 0.25) is 5.02 Å². The lowest BCUT2D eigenvalue weighted by Gasteiger charge is -2.12. The summed E-state index contributed by atoms with van der Waals surface area (Å²) in [5.74, 6) is -3.01. The van der Waals surface area contributed by atoms with Crippen LogP contribution in [0.3, 0.4) is 0 Å². The summed E-state index contributed by atoms with van der Waals surface area (Å²) < 4.78 is 49.1. The summed E-state index contributed by atoms with van der Waals surface area (Å²) >= 11 is 6.17. The number of aromatic nitrogens is 5. The van der Waals surface area contributed by atoms with Gasteiger partial charge in [-0.25, -0.2) is 18.2 Å². The zero-order valence-electron chi connectivity index (χ0n) is 18.6. The average Bonchev–Trinajstić information content (AvgIpc) is 3.21. The van der Waals surface area contributed by atoms with Crippen LogP contribution in [-0.4, -0.2) is 31.8 Å². The zero-order chi connectivity index (χ0) is 25.6. The molecule has 3 heterocycles. The lowest BCUT2D eigenvalue weighted by atomic mass is 10.1. The van der Waals surface area contributed by atoms with Crippen molar-refractivity contribution in [1.82, 2.24) is 24.7 Å². The number of methoxy groups -OCH3 is 1. The molecule has 182 valence electrons. The van der Waals surface area contributed by atoms with Crippen molar-refractivity contribution in [2.45, 2.75) is 6.42 Å². The molecule has 36 heavy (non-hydrogen) atoms. The molecule has 0 spiro atoms. The van der Waals surface area contributed by atoms with E-state index in [-0.39, 0.29) is 35.6 Å². The van der Waals surface area contributed by atoms with Gasteiger partial charge in [-0.2, -0.15) is 19.7 Å². The number of rotatable bonds is 5. The normalized spacial score (nSPS) is 11.2. The fraction of sp³-hybridized carbons (Fsp3) is 0.0833. The van der Waals surface area contributed by atoms with E-state index in [2.05, 4.69) is 20.1 Å². The monoisotopic (exact) mass is 511 g/mol. The van der Waals surface area contributed by atoms with E-state index in [0.29, 0.717) is 27.1 Å². The molecular weight excluding hydrogens is 495 g/mol. The average molecular weight is 512 g/mol. The number of nitrogens with two attached hydrogens (primary N) is 2. The number of pyridine rings is 1. The Kier molecular flexibility index (Phi) is 5.84. The Hall–Kier alpha value is -4.38. The fourth-order valence-corrected chi connectivity index (χ4v) is 4.10. The molecule has 0 aliphatic carbocycles. The minimum absolute atomic E-state index is 0.00960. The number of nitrogens with zero attached hydrogens (tertiary/aromatic N) is 5. The van der Waals surface area contributed by atoms with E-state index in [4.69, 9.17) is 27.8 Å². The van der Waals surface area contributed by atoms with Crippen LogP contribution in [0.4, 0.5) is 24.8 Å². The number of benzene rings is 2. The number of halogens is 4. The van der Waals surface area contributed by atoms with Crippen molar-refractivity contribution >= 4 is 34.1 Å². The molecule has 4 N–H and O–H groups in total. The minimum Gasteiger partial charge on any atom is -0.481 e. The molecule has 0 saturated carbocycles. The van der Waals surface area contributed by atoms with Gasteiger partial charge >= 0.3 is 0 Å². The second kappa shape index (κ2) is 9.00. The largest absolute Gasteiger partial charge is 0.481 e. The lowest BCUT2D eigenvalue weighted by molar-refractivity contribution is 0.399. The van der Waals surface area contributed by atoms with E-state index in [9.17, 15) is 13.2 Å². The Balaban J connectivity index is 1.67. The molecule has 5 aromatic rings. The van der Waals surface area contributed by atoms with Crippen molar-refractivity contribution in [3.63, 3.8) is 0 Å². The first-order valence-corrected chi connectivity index (χ1v) is 10.9. The highest BCUT2D eigenvalue weighted by molar-refractivity contribution is 6.31. The standard InChI is InChI=1S/C24H17ClF3N7O/c1-36-23-12(3-2-8-31-23)19-21(29)32-24(33-22(19)30)35-18-7-4-11(25)9-14(18)17(34-35)10-13-15(26)5-6-16(27)20(13)28/h2-9H,10H2,1H3,(H4,29,30,32,33). The molecule has 0 aliphatic rings. The summed E-state index contributed by atoms with van der Waals surface area (Å²) in [6, 6.07) is 9.80. The number of nitrogen functional groups attached to an aromatic ring is 2. The van der Waals surface area contributed by atoms with Crippen LogP contribution in [0.15, 0.2) is 48.7 Å². The van der Waals surface area contributed by atoms with Gasteiger partial charge < -0.3 is 16.2 Å². The lowest BCUT2D eigenvalue weighted by Crippen LogP contribution is -2.11. The molecule has 0 radical (unpaired) electrons. The predicted molar refractivity (Wildman–Crippen MR) is 129 cm³/mol. The Labute approximate surface area is 207 Å². The first kappa shape index (κ1) is 23.4. The maximum atomic E-state index is 14.4. The molecule has 5 rings (SSSR count). The predicted octanol–water partition coefficient (Wildman–Crippen LogP) is 4.71. The second-order valence-electron chi connectivity index (χ2n) is 7.75. The molecule has 3 aromatic heterocycles. The number of fused-ring (bicyclic) bond motifs is 1. The van der Waals surface area contributed by atoms with Gasteiger partial charge in [-0.1, -0.05) is 11.6 Å². The molecule has 0 aliphatic heterocycles. The van der Waals surface area contributed by atoms with Crippen LogP contribution in [0, 0.1) is 17.5 Å².